The molecule has 1 aromatic carbocycles. The normalized spacial score (nSPS) is 11.4. The van der Waals surface area contributed by atoms with Gasteiger partial charge in [0.2, 0.25) is 0 Å². The van der Waals surface area contributed by atoms with Crippen LogP contribution in [-0.2, 0) is 0 Å². The summed E-state index contributed by atoms with van der Waals surface area (Å²) in [4.78, 5) is 1.60. The van der Waals surface area contributed by atoms with E-state index in [9.17, 15) is 0 Å². The second kappa shape index (κ2) is 3.96. The third-order valence-corrected chi connectivity index (χ3v) is 2.02. The van der Waals surface area contributed by atoms with E-state index in [0.717, 1.165) is 11.4 Å². The molecule has 16 heavy (non-hydrogen) atoms. The minimum Gasteiger partial charge on any atom is -0.380 e. The van der Waals surface area contributed by atoms with Crippen molar-refractivity contribution in [3.8, 4) is 5.69 Å². The minimum atomic E-state index is 0.0518. The van der Waals surface area contributed by atoms with Gasteiger partial charge < -0.3 is 5.32 Å². The summed E-state index contributed by atoms with van der Waals surface area (Å²) in [7, 11) is 0. The van der Waals surface area contributed by atoms with Crippen LogP contribution in [0.25, 0.3) is 5.69 Å². The van der Waals surface area contributed by atoms with Gasteiger partial charge in [-0.05, 0) is 39.0 Å². The summed E-state index contributed by atoms with van der Waals surface area (Å²) in [5, 5.41) is 11.6. The number of nitrogens with one attached hydrogen (secondary N) is 1. The van der Waals surface area contributed by atoms with E-state index < -0.39 is 0 Å². The van der Waals surface area contributed by atoms with Gasteiger partial charge in [0.05, 0.1) is 18.1 Å². The molecule has 4 nitrogen and oxygen atoms in total. The molecule has 2 aromatic rings. The molecule has 0 unspecified atom stereocenters. The highest BCUT2D eigenvalue weighted by Gasteiger charge is 2.09. The summed E-state index contributed by atoms with van der Waals surface area (Å²) in [6.45, 7) is 6.39. The lowest BCUT2D eigenvalue weighted by Crippen LogP contribution is -2.26. The number of aromatic nitrogens is 3. The third kappa shape index (κ3) is 2.59. The standard InChI is InChI=1S/C12H16N4/c1-12(2,3)15-10-5-4-6-11(9-10)16-13-7-8-14-16/h4-9,15H,1-3H3. The monoisotopic (exact) mass is 216 g/mol. The summed E-state index contributed by atoms with van der Waals surface area (Å²) in [6, 6.07) is 8.05. The van der Waals surface area contributed by atoms with Gasteiger partial charge in [0.15, 0.2) is 0 Å². The Morgan fingerprint density at radius 2 is 1.81 bits per heavy atom. The molecular weight excluding hydrogens is 200 g/mol. The molecule has 0 bridgehead atoms. The third-order valence-electron chi connectivity index (χ3n) is 2.02. The van der Waals surface area contributed by atoms with Gasteiger partial charge in [-0.2, -0.15) is 15.0 Å². The van der Waals surface area contributed by atoms with E-state index >= 15 is 0 Å². The lowest BCUT2D eigenvalue weighted by Gasteiger charge is -2.22. The van der Waals surface area contributed by atoms with Crippen molar-refractivity contribution in [1.29, 1.82) is 0 Å². The highest BCUT2D eigenvalue weighted by Crippen LogP contribution is 2.17. The van der Waals surface area contributed by atoms with Crippen LogP contribution in [0.15, 0.2) is 36.7 Å². The fraction of sp³-hybridized carbons (Fsp3) is 0.333. The van der Waals surface area contributed by atoms with Gasteiger partial charge in [0, 0.05) is 11.2 Å². The van der Waals surface area contributed by atoms with E-state index in [-0.39, 0.29) is 5.54 Å². The van der Waals surface area contributed by atoms with Crippen LogP contribution < -0.4 is 5.32 Å². The zero-order valence-electron chi connectivity index (χ0n) is 9.81. The van der Waals surface area contributed by atoms with Gasteiger partial charge in [-0.3, -0.25) is 0 Å². The predicted octanol–water partition coefficient (Wildman–Crippen LogP) is 2.48. The van der Waals surface area contributed by atoms with Gasteiger partial charge >= 0.3 is 0 Å². The molecule has 1 heterocycles. The van der Waals surface area contributed by atoms with Gasteiger partial charge in [-0.25, -0.2) is 0 Å². The summed E-state index contributed by atoms with van der Waals surface area (Å²) >= 11 is 0. The Hall–Kier alpha value is -1.84. The second-order valence-corrected chi connectivity index (χ2v) is 4.74. The molecular formula is C12H16N4. The average molecular weight is 216 g/mol. The van der Waals surface area contributed by atoms with Crippen LogP contribution in [0.2, 0.25) is 0 Å². The Bertz CT molecular complexity index is 454. The molecule has 0 spiro atoms. The highest BCUT2D eigenvalue weighted by atomic mass is 15.5. The molecule has 0 saturated heterocycles. The van der Waals surface area contributed by atoms with Crippen molar-refractivity contribution in [2.24, 2.45) is 0 Å². The predicted molar refractivity (Wildman–Crippen MR) is 64.7 cm³/mol. The van der Waals surface area contributed by atoms with E-state index in [2.05, 4.69) is 36.3 Å². The van der Waals surface area contributed by atoms with Crippen molar-refractivity contribution < 1.29 is 0 Å². The van der Waals surface area contributed by atoms with Crippen molar-refractivity contribution in [3.63, 3.8) is 0 Å². The molecule has 84 valence electrons. The van der Waals surface area contributed by atoms with Crippen LogP contribution in [0.4, 0.5) is 5.69 Å². The zero-order chi connectivity index (χ0) is 11.6. The largest absolute Gasteiger partial charge is 0.380 e. The van der Waals surface area contributed by atoms with Crippen LogP contribution in [0, 0.1) is 0 Å². The summed E-state index contributed by atoms with van der Waals surface area (Å²) in [6.07, 6.45) is 3.34. The van der Waals surface area contributed by atoms with Crippen molar-refractivity contribution >= 4 is 5.69 Å². The molecule has 0 atom stereocenters. The van der Waals surface area contributed by atoms with Gasteiger partial charge in [-0.1, -0.05) is 6.07 Å². The maximum atomic E-state index is 4.10. The molecule has 1 aromatic heterocycles. The number of nitrogens with zero attached hydrogens (tertiary/aromatic N) is 3. The Morgan fingerprint density at radius 1 is 1.12 bits per heavy atom. The summed E-state index contributed by atoms with van der Waals surface area (Å²) in [5.74, 6) is 0. The molecule has 1 N–H and O–H groups in total. The molecule has 0 aliphatic carbocycles. The number of hydrogen-bond acceptors (Lipinski definition) is 3. The number of hydrogen-bond donors (Lipinski definition) is 1. The molecule has 0 radical (unpaired) electrons. The Kier molecular flexibility index (Phi) is 2.64. The van der Waals surface area contributed by atoms with E-state index in [0.29, 0.717) is 0 Å². The Morgan fingerprint density at radius 3 is 2.44 bits per heavy atom. The number of benzene rings is 1. The van der Waals surface area contributed by atoms with Gasteiger partial charge in [0.25, 0.3) is 0 Å². The van der Waals surface area contributed by atoms with E-state index in [1.54, 1.807) is 17.2 Å². The summed E-state index contributed by atoms with van der Waals surface area (Å²) < 4.78 is 0. The van der Waals surface area contributed by atoms with Gasteiger partial charge in [0.1, 0.15) is 0 Å². The Labute approximate surface area is 95.3 Å². The smallest absolute Gasteiger partial charge is 0.0877 e. The van der Waals surface area contributed by atoms with E-state index in [1.807, 2.05) is 24.3 Å². The Balaban J connectivity index is 2.27. The first-order valence-corrected chi connectivity index (χ1v) is 5.29. The minimum absolute atomic E-state index is 0.0518. The maximum Gasteiger partial charge on any atom is 0.0877 e. The zero-order valence-corrected chi connectivity index (χ0v) is 9.81. The molecule has 2 rings (SSSR count). The molecule has 0 aliphatic heterocycles. The molecule has 0 saturated carbocycles. The number of rotatable bonds is 2. The van der Waals surface area contributed by atoms with E-state index in [1.165, 1.54) is 0 Å². The first-order valence-electron chi connectivity index (χ1n) is 5.29. The van der Waals surface area contributed by atoms with Crippen molar-refractivity contribution in [3.05, 3.63) is 36.7 Å². The number of anilines is 1. The molecule has 0 amide bonds. The van der Waals surface area contributed by atoms with Crippen molar-refractivity contribution in [1.82, 2.24) is 15.0 Å². The van der Waals surface area contributed by atoms with E-state index in [4.69, 9.17) is 0 Å². The van der Waals surface area contributed by atoms with Crippen molar-refractivity contribution in [2.45, 2.75) is 26.3 Å². The first-order chi connectivity index (χ1) is 7.54. The summed E-state index contributed by atoms with van der Waals surface area (Å²) in [5.41, 5.74) is 2.08. The van der Waals surface area contributed by atoms with Crippen LogP contribution in [-0.4, -0.2) is 20.5 Å². The molecule has 0 aliphatic rings. The quantitative estimate of drug-likeness (QED) is 0.838. The van der Waals surface area contributed by atoms with Crippen LogP contribution in [0.1, 0.15) is 20.8 Å². The SMILES string of the molecule is CC(C)(C)Nc1cccc(-n2nccn2)c1. The molecule has 0 fully saturated rings. The molecule has 4 heteroatoms. The van der Waals surface area contributed by atoms with Crippen molar-refractivity contribution in [2.75, 3.05) is 5.32 Å². The lowest BCUT2D eigenvalue weighted by atomic mass is 10.1. The highest BCUT2D eigenvalue weighted by molar-refractivity contribution is 5.51. The average Bonchev–Trinajstić information content (AvgIpc) is 2.68. The fourth-order valence-electron chi connectivity index (χ4n) is 1.49. The second-order valence-electron chi connectivity index (χ2n) is 4.74. The van der Waals surface area contributed by atoms with Crippen LogP contribution >= 0.6 is 0 Å². The first kappa shape index (κ1) is 10.7. The topological polar surface area (TPSA) is 42.7 Å². The lowest BCUT2D eigenvalue weighted by molar-refractivity contribution is 0.633. The van der Waals surface area contributed by atoms with Crippen LogP contribution in [0.3, 0.4) is 0 Å². The fourth-order valence-corrected chi connectivity index (χ4v) is 1.49. The maximum absolute atomic E-state index is 4.10. The van der Waals surface area contributed by atoms with Crippen LogP contribution in [0.5, 0.6) is 0 Å². The van der Waals surface area contributed by atoms with Gasteiger partial charge in [-0.15, -0.1) is 0 Å².